The van der Waals surface area contributed by atoms with Gasteiger partial charge in [0.05, 0.1) is 17.4 Å². The number of carbonyl (C=O) groups is 1. The molecule has 0 aliphatic rings. The molecule has 1 aromatic heterocycles. The minimum absolute atomic E-state index is 0.164. The lowest BCUT2D eigenvalue weighted by Gasteiger charge is -2.13. The lowest BCUT2D eigenvalue weighted by molar-refractivity contribution is -0.121. The summed E-state index contributed by atoms with van der Waals surface area (Å²) < 4.78 is 8.16. The Morgan fingerprint density at radius 3 is 2.41 bits per heavy atom. The van der Waals surface area contributed by atoms with Crippen molar-refractivity contribution in [2.45, 2.75) is 33.9 Å². The lowest BCUT2D eigenvalue weighted by atomic mass is 10.1. The standard InChI is InChI=1S/C22H25N3O4/c1-4-24-21(27)18-7-5-6-8-19(18)25(22(24)28)14-20(26)23-9-10-29-17-12-15(2)11-16(3)13-17/h5-8,11-13H,4,9-10,14H2,1-3H3,(H,23,26). The van der Waals surface area contributed by atoms with Crippen molar-refractivity contribution < 1.29 is 9.53 Å². The van der Waals surface area contributed by atoms with Crippen LogP contribution in [-0.2, 0) is 17.9 Å². The zero-order valence-corrected chi connectivity index (χ0v) is 16.9. The maximum absolute atomic E-state index is 12.7. The molecule has 0 atom stereocenters. The summed E-state index contributed by atoms with van der Waals surface area (Å²) in [6.07, 6.45) is 0. The van der Waals surface area contributed by atoms with Gasteiger partial charge in [0.2, 0.25) is 5.91 Å². The molecule has 1 heterocycles. The van der Waals surface area contributed by atoms with E-state index in [-0.39, 0.29) is 24.6 Å². The maximum Gasteiger partial charge on any atom is 0.331 e. The van der Waals surface area contributed by atoms with Crippen LogP contribution in [0.3, 0.4) is 0 Å². The number of aromatic nitrogens is 2. The van der Waals surface area contributed by atoms with Gasteiger partial charge in [0, 0.05) is 6.54 Å². The van der Waals surface area contributed by atoms with Crippen LogP contribution in [0.1, 0.15) is 18.1 Å². The Balaban J connectivity index is 1.69. The zero-order valence-electron chi connectivity index (χ0n) is 16.9. The van der Waals surface area contributed by atoms with Gasteiger partial charge < -0.3 is 10.1 Å². The number of carbonyl (C=O) groups excluding carboxylic acids is 1. The Labute approximate surface area is 168 Å². The van der Waals surface area contributed by atoms with Crippen molar-refractivity contribution in [3.63, 3.8) is 0 Å². The Kier molecular flexibility index (Phi) is 6.16. The van der Waals surface area contributed by atoms with Crippen molar-refractivity contribution in [3.8, 4) is 5.75 Å². The first-order valence-electron chi connectivity index (χ1n) is 9.61. The van der Waals surface area contributed by atoms with Crippen molar-refractivity contribution in [1.82, 2.24) is 14.5 Å². The second-order valence-electron chi connectivity index (χ2n) is 6.96. The highest BCUT2D eigenvalue weighted by molar-refractivity contribution is 5.81. The van der Waals surface area contributed by atoms with Gasteiger partial charge in [-0.05, 0) is 56.2 Å². The first-order valence-corrected chi connectivity index (χ1v) is 9.61. The van der Waals surface area contributed by atoms with Crippen LogP contribution in [-0.4, -0.2) is 28.2 Å². The number of nitrogens with zero attached hydrogens (tertiary/aromatic N) is 2. The number of benzene rings is 2. The van der Waals surface area contributed by atoms with Gasteiger partial charge in [-0.3, -0.25) is 18.7 Å². The van der Waals surface area contributed by atoms with E-state index in [0.29, 0.717) is 24.1 Å². The average Bonchev–Trinajstić information content (AvgIpc) is 2.68. The van der Waals surface area contributed by atoms with E-state index >= 15 is 0 Å². The highest BCUT2D eigenvalue weighted by Gasteiger charge is 2.14. The molecule has 2 aromatic carbocycles. The van der Waals surface area contributed by atoms with Gasteiger partial charge in [-0.1, -0.05) is 18.2 Å². The molecular weight excluding hydrogens is 370 g/mol. The van der Waals surface area contributed by atoms with Crippen LogP contribution in [0.15, 0.2) is 52.1 Å². The minimum atomic E-state index is -0.488. The maximum atomic E-state index is 12.7. The number of amides is 1. The monoisotopic (exact) mass is 395 g/mol. The third-order valence-corrected chi connectivity index (χ3v) is 4.64. The van der Waals surface area contributed by atoms with Gasteiger partial charge in [0.25, 0.3) is 5.56 Å². The number of hydrogen-bond acceptors (Lipinski definition) is 4. The normalized spacial score (nSPS) is 10.9. The number of fused-ring (bicyclic) bond motifs is 1. The smallest absolute Gasteiger partial charge is 0.331 e. The molecule has 0 saturated heterocycles. The molecule has 0 bridgehead atoms. The lowest BCUT2D eigenvalue weighted by Crippen LogP contribution is -2.42. The van der Waals surface area contributed by atoms with Crippen LogP contribution >= 0.6 is 0 Å². The first kappa shape index (κ1) is 20.4. The molecule has 0 unspecified atom stereocenters. The number of hydrogen-bond donors (Lipinski definition) is 1. The summed E-state index contributed by atoms with van der Waals surface area (Å²) in [5.41, 5.74) is 1.85. The molecule has 29 heavy (non-hydrogen) atoms. The van der Waals surface area contributed by atoms with Gasteiger partial charge in [-0.15, -0.1) is 0 Å². The molecule has 0 aliphatic heterocycles. The molecule has 7 heteroatoms. The van der Waals surface area contributed by atoms with Crippen molar-refractivity contribution in [2.24, 2.45) is 0 Å². The first-order chi connectivity index (χ1) is 13.9. The number of rotatable bonds is 7. The molecule has 0 spiro atoms. The molecule has 1 N–H and O–H groups in total. The van der Waals surface area contributed by atoms with Crippen molar-refractivity contribution >= 4 is 16.8 Å². The summed E-state index contributed by atoms with van der Waals surface area (Å²) in [6, 6.07) is 12.8. The van der Waals surface area contributed by atoms with Crippen LogP contribution in [0.5, 0.6) is 5.75 Å². The number of nitrogens with one attached hydrogen (secondary N) is 1. The predicted molar refractivity (Wildman–Crippen MR) is 113 cm³/mol. The molecule has 1 amide bonds. The van der Waals surface area contributed by atoms with Crippen LogP contribution in [0.4, 0.5) is 0 Å². The van der Waals surface area contributed by atoms with Crippen molar-refractivity contribution in [3.05, 3.63) is 74.4 Å². The fourth-order valence-corrected chi connectivity index (χ4v) is 3.38. The quantitative estimate of drug-likeness (QED) is 0.621. The van der Waals surface area contributed by atoms with Crippen molar-refractivity contribution in [1.29, 1.82) is 0 Å². The van der Waals surface area contributed by atoms with Crippen molar-refractivity contribution in [2.75, 3.05) is 13.2 Å². The average molecular weight is 395 g/mol. The second-order valence-corrected chi connectivity index (χ2v) is 6.96. The Morgan fingerprint density at radius 1 is 1.03 bits per heavy atom. The molecular formula is C22H25N3O4. The summed E-state index contributed by atoms with van der Waals surface area (Å²) in [7, 11) is 0. The minimum Gasteiger partial charge on any atom is -0.492 e. The molecule has 7 nitrogen and oxygen atoms in total. The summed E-state index contributed by atoms with van der Waals surface area (Å²) in [4.78, 5) is 37.5. The van der Waals surface area contributed by atoms with E-state index in [0.717, 1.165) is 21.4 Å². The molecule has 152 valence electrons. The number of para-hydroxylation sites is 1. The third kappa shape index (κ3) is 4.56. The molecule has 3 rings (SSSR count). The molecule has 0 saturated carbocycles. The van der Waals surface area contributed by atoms with E-state index in [1.165, 1.54) is 4.57 Å². The Morgan fingerprint density at radius 2 is 1.72 bits per heavy atom. The fraction of sp³-hybridized carbons (Fsp3) is 0.318. The van der Waals surface area contributed by atoms with Crippen LogP contribution in [0, 0.1) is 13.8 Å². The van der Waals surface area contributed by atoms with Crippen LogP contribution in [0.2, 0.25) is 0 Å². The van der Waals surface area contributed by atoms with E-state index < -0.39 is 5.69 Å². The molecule has 0 fully saturated rings. The summed E-state index contributed by atoms with van der Waals surface area (Å²) in [5.74, 6) is 0.441. The van der Waals surface area contributed by atoms with E-state index in [1.807, 2.05) is 26.0 Å². The van der Waals surface area contributed by atoms with E-state index in [2.05, 4.69) is 11.4 Å². The van der Waals surface area contributed by atoms with Crippen LogP contribution < -0.4 is 21.3 Å². The van der Waals surface area contributed by atoms with Gasteiger partial charge in [0.1, 0.15) is 18.9 Å². The Hall–Kier alpha value is -3.35. The highest BCUT2D eigenvalue weighted by atomic mass is 16.5. The van der Waals surface area contributed by atoms with Crippen LogP contribution in [0.25, 0.3) is 10.9 Å². The summed E-state index contributed by atoms with van der Waals surface area (Å²) in [5, 5.41) is 3.18. The zero-order chi connectivity index (χ0) is 21.0. The van der Waals surface area contributed by atoms with E-state index in [4.69, 9.17) is 4.74 Å². The topological polar surface area (TPSA) is 82.3 Å². The molecule has 0 aliphatic carbocycles. The van der Waals surface area contributed by atoms with Gasteiger partial charge in [-0.25, -0.2) is 4.79 Å². The Bertz CT molecular complexity index is 1140. The largest absolute Gasteiger partial charge is 0.492 e. The SMILES string of the molecule is CCn1c(=O)c2ccccc2n(CC(=O)NCCOc2cc(C)cc(C)c2)c1=O. The third-order valence-electron chi connectivity index (χ3n) is 4.64. The summed E-state index contributed by atoms with van der Waals surface area (Å²) in [6.45, 7) is 6.44. The van der Waals surface area contributed by atoms with E-state index in [9.17, 15) is 14.4 Å². The highest BCUT2D eigenvalue weighted by Crippen LogP contribution is 2.15. The fourth-order valence-electron chi connectivity index (χ4n) is 3.38. The predicted octanol–water partition coefficient (Wildman–Crippen LogP) is 2.00. The van der Waals surface area contributed by atoms with Gasteiger partial charge in [-0.2, -0.15) is 0 Å². The van der Waals surface area contributed by atoms with Gasteiger partial charge >= 0.3 is 5.69 Å². The van der Waals surface area contributed by atoms with E-state index in [1.54, 1.807) is 31.2 Å². The summed E-state index contributed by atoms with van der Waals surface area (Å²) >= 11 is 0. The molecule has 0 radical (unpaired) electrons. The molecule has 3 aromatic rings. The van der Waals surface area contributed by atoms with Gasteiger partial charge in [0.15, 0.2) is 0 Å². The number of aryl methyl sites for hydroxylation is 2. The second kappa shape index (κ2) is 8.77. The number of ether oxygens (including phenoxy) is 1.